The third-order valence-electron chi connectivity index (χ3n) is 3.24. The van der Waals surface area contributed by atoms with Crippen molar-refractivity contribution in [1.82, 2.24) is 5.32 Å². The van der Waals surface area contributed by atoms with Crippen LogP contribution in [-0.2, 0) is 5.54 Å². The molecule has 0 saturated heterocycles. The molecule has 0 saturated carbocycles. The lowest BCUT2D eigenvalue weighted by Crippen LogP contribution is -2.45. The Hall–Kier alpha value is -1.39. The Morgan fingerprint density at radius 1 is 1.29 bits per heavy atom. The summed E-state index contributed by atoms with van der Waals surface area (Å²) in [5, 5.41) is 2.91. The molecule has 0 aliphatic rings. The Balaban J connectivity index is 2.28. The van der Waals surface area contributed by atoms with Gasteiger partial charge in [-0.05, 0) is 46.6 Å². The molecule has 2 rings (SSSR count). The molecule has 2 aromatic carbocycles. The van der Waals surface area contributed by atoms with Gasteiger partial charge in [0.15, 0.2) is 0 Å². The van der Waals surface area contributed by atoms with Gasteiger partial charge in [0.1, 0.15) is 5.82 Å². The van der Waals surface area contributed by atoms with E-state index in [2.05, 4.69) is 21.2 Å². The summed E-state index contributed by atoms with van der Waals surface area (Å²) in [4.78, 5) is 12.4. The molecular weight excluding hydrogens is 357 g/mol. The second kappa shape index (κ2) is 6.58. The van der Waals surface area contributed by atoms with Gasteiger partial charge in [0, 0.05) is 10.4 Å². The molecule has 2 nitrogen and oxygen atoms in total. The van der Waals surface area contributed by atoms with Crippen LogP contribution < -0.4 is 5.32 Å². The number of carbonyl (C=O) groups excluding carboxylic acids is 1. The predicted molar refractivity (Wildman–Crippen MR) is 86.1 cm³/mol. The molecule has 0 spiro atoms. The number of nitrogens with one attached hydrogen (secondary N) is 1. The summed E-state index contributed by atoms with van der Waals surface area (Å²) in [5.74, 6) is -0.489. The highest BCUT2D eigenvalue weighted by atomic mass is 79.9. The number of amides is 1. The van der Waals surface area contributed by atoms with Gasteiger partial charge in [-0.15, -0.1) is 11.6 Å². The lowest BCUT2D eigenvalue weighted by Gasteiger charge is -2.29. The molecule has 1 unspecified atom stereocenters. The highest BCUT2D eigenvalue weighted by Crippen LogP contribution is 2.24. The molecule has 0 aliphatic heterocycles. The fourth-order valence-corrected chi connectivity index (χ4v) is 2.73. The smallest absolute Gasteiger partial charge is 0.253 e. The Morgan fingerprint density at radius 2 is 1.95 bits per heavy atom. The number of rotatable bonds is 4. The molecule has 2 aromatic rings. The minimum Gasteiger partial charge on any atom is -0.342 e. The van der Waals surface area contributed by atoms with Crippen molar-refractivity contribution in [1.29, 1.82) is 0 Å². The molecule has 110 valence electrons. The van der Waals surface area contributed by atoms with E-state index in [1.807, 2.05) is 37.3 Å². The van der Waals surface area contributed by atoms with E-state index in [0.29, 0.717) is 10.0 Å². The molecule has 5 heteroatoms. The van der Waals surface area contributed by atoms with Crippen molar-refractivity contribution in [2.45, 2.75) is 12.5 Å². The molecule has 21 heavy (non-hydrogen) atoms. The van der Waals surface area contributed by atoms with E-state index in [1.54, 1.807) is 0 Å². The summed E-state index contributed by atoms with van der Waals surface area (Å²) >= 11 is 9.25. The van der Waals surface area contributed by atoms with Gasteiger partial charge >= 0.3 is 0 Å². The Labute approximate surface area is 136 Å². The maximum atomic E-state index is 13.1. The number of hydrogen-bond donors (Lipinski definition) is 1. The molecule has 1 N–H and O–H groups in total. The van der Waals surface area contributed by atoms with Crippen molar-refractivity contribution < 1.29 is 9.18 Å². The molecule has 0 radical (unpaired) electrons. The minimum absolute atomic E-state index is 0.224. The van der Waals surface area contributed by atoms with E-state index in [4.69, 9.17) is 11.6 Å². The first-order valence-corrected chi connectivity index (χ1v) is 7.68. The quantitative estimate of drug-likeness (QED) is 0.790. The van der Waals surface area contributed by atoms with Crippen LogP contribution in [0.5, 0.6) is 0 Å². The zero-order valence-electron chi connectivity index (χ0n) is 11.4. The van der Waals surface area contributed by atoms with Crippen LogP contribution in [0.3, 0.4) is 0 Å². The van der Waals surface area contributed by atoms with Crippen LogP contribution >= 0.6 is 27.5 Å². The van der Waals surface area contributed by atoms with E-state index in [1.165, 1.54) is 18.2 Å². The molecule has 0 heterocycles. The fourth-order valence-electron chi connectivity index (χ4n) is 1.98. The normalized spacial score (nSPS) is 13.5. The van der Waals surface area contributed by atoms with Crippen molar-refractivity contribution in [3.05, 3.63) is 69.9 Å². The largest absolute Gasteiger partial charge is 0.342 e. The highest BCUT2D eigenvalue weighted by molar-refractivity contribution is 9.10. The molecular formula is C16H14BrClFNO. The number of halogens is 3. The van der Waals surface area contributed by atoms with Crippen LogP contribution in [0.4, 0.5) is 4.39 Å². The molecule has 0 aliphatic carbocycles. The van der Waals surface area contributed by atoms with Gasteiger partial charge in [0.25, 0.3) is 5.91 Å². The molecule has 0 bridgehead atoms. The first-order valence-electron chi connectivity index (χ1n) is 6.35. The third-order valence-corrected chi connectivity index (χ3v) is 4.43. The maximum Gasteiger partial charge on any atom is 0.253 e. The van der Waals surface area contributed by atoms with Crippen LogP contribution in [0, 0.1) is 5.82 Å². The number of carbonyl (C=O) groups is 1. The van der Waals surface area contributed by atoms with Crippen molar-refractivity contribution in [3.8, 4) is 0 Å². The number of alkyl halides is 1. The topological polar surface area (TPSA) is 29.1 Å². The molecule has 1 atom stereocenters. The Bertz CT molecular complexity index is 650. The summed E-state index contributed by atoms with van der Waals surface area (Å²) in [6.45, 7) is 1.85. The average molecular weight is 371 g/mol. The van der Waals surface area contributed by atoms with Gasteiger partial charge in [-0.25, -0.2) is 4.39 Å². The van der Waals surface area contributed by atoms with Crippen LogP contribution in [0.15, 0.2) is 53.0 Å². The summed E-state index contributed by atoms with van der Waals surface area (Å²) < 4.78 is 13.5. The Morgan fingerprint density at radius 3 is 2.52 bits per heavy atom. The lowest BCUT2D eigenvalue weighted by molar-refractivity contribution is 0.0912. The van der Waals surface area contributed by atoms with Crippen LogP contribution in [0.1, 0.15) is 22.8 Å². The third kappa shape index (κ3) is 3.63. The molecule has 0 aromatic heterocycles. The van der Waals surface area contributed by atoms with Gasteiger partial charge in [0.05, 0.1) is 11.1 Å². The first kappa shape index (κ1) is 16.0. The van der Waals surface area contributed by atoms with Crippen LogP contribution in [0.25, 0.3) is 0 Å². The average Bonchev–Trinajstić information content (AvgIpc) is 2.47. The lowest BCUT2D eigenvalue weighted by atomic mass is 9.93. The zero-order chi connectivity index (χ0) is 15.5. The summed E-state index contributed by atoms with van der Waals surface area (Å²) in [6, 6.07) is 13.4. The van der Waals surface area contributed by atoms with E-state index in [-0.39, 0.29) is 11.8 Å². The van der Waals surface area contributed by atoms with Crippen molar-refractivity contribution >= 4 is 33.4 Å². The number of hydrogen-bond acceptors (Lipinski definition) is 1. The van der Waals surface area contributed by atoms with E-state index >= 15 is 0 Å². The van der Waals surface area contributed by atoms with Gasteiger partial charge in [0.2, 0.25) is 0 Å². The van der Waals surface area contributed by atoms with Gasteiger partial charge in [-0.2, -0.15) is 0 Å². The van der Waals surface area contributed by atoms with Gasteiger partial charge in [-0.3, -0.25) is 4.79 Å². The summed E-state index contributed by atoms with van der Waals surface area (Å²) in [5.41, 5.74) is 0.573. The van der Waals surface area contributed by atoms with Crippen molar-refractivity contribution in [3.63, 3.8) is 0 Å². The predicted octanol–water partition coefficient (Wildman–Crippen LogP) is 4.47. The standard InChI is InChI=1S/C16H14BrClFNO/c1-16(10-18,11-5-3-2-4-6-11)20-15(21)13-8-7-12(19)9-14(13)17/h2-9H,10H2,1H3,(H,20,21). The SMILES string of the molecule is CC(CCl)(NC(=O)c1ccc(F)cc1Br)c1ccccc1. The minimum atomic E-state index is -0.701. The van der Waals surface area contributed by atoms with E-state index in [9.17, 15) is 9.18 Å². The summed E-state index contributed by atoms with van der Waals surface area (Å²) in [6.07, 6.45) is 0. The van der Waals surface area contributed by atoms with Crippen molar-refractivity contribution in [2.24, 2.45) is 0 Å². The van der Waals surface area contributed by atoms with Crippen molar-refractivity contribution in [2.75, 3.05) is 5.88 Å². The van der Waals surface area contributed by atoms with E-state index < -0.39 is 11.4 Å². The number of benzene rings is 2. The first-order chi connectivity index (χ1) is 9.96. The van der Waals surface area contributed by atoms with Crippen LogP contribution in [0.2, 0.25) is 0 Å². The van der Waals surface area contributed by atoms with Gasteiger partial charge in [-0.1, -0.05) is 30.3 Å². The fraction of sp³-hybridized carbons (Fsp3) is 0.188. The monoisotopic (exact) mass is 369 g/mol. The second-order valence-corrected chi connectivity index (χ2v) is 6.03. The van der Waals surface area contributed by atoms with Crippen LogP contribution in [-0.4, -0.2) is 11.8 Å². The second-order valence-electron chi connectivity index (χ2n) is 4.91. The Kier molecular flexibility index (Phi) is 5.01. The zero-order valence-corrected chi connectivity index (χ0v) is 13.7. The highest BCUT2D eigenvalue weighted by Gasteiger charge is 2.28. The maximum absolute atomic E-state index is 13.1. The molecule has 0 fully saturated rings. The van der Waals surface area contributed by atoms with Gasteiger partial charge < -0.3 is 5.32 Å². The summed E-state index contributed by atoms with van der Waals surface area (Å²) in [7, 11) is 0. The molecule has 1 amide bonds. The van der Waals surface area contributed by atoms with E-state index in [0.717, 1.165) is 5.56 Å².